The van der Waals surface area contributed by atoms with Crippen molar-refractivity contribution < 1.29 is 4.79 Å². The molecule has 2 aromatic rings. The summed E-state index contributed by atoms with van der Waals surface area (Å²) < 4.78 is 1.56. The molecule has 0 saturated heterocycles. The summed E-state index contributed by atoms with van der Waals surface area (Å²) in [5.74, 6) is -1.11. The molecule has 0 bridgehead atoms. The summed E-state index contributed by atoms with van der Waals surface area (Å²) >= 11 is 5.89. The van der Waals surface area contributed by atoms with Crippen LogP contribution in [0.1, 0.15) is 27.5 Å². The van der Waals surface area contributed by atoms with E-state index >= 15 is 0 Å². The highest BCUT2D eigenvalue weighted by molar-refractivity contribution is 6.30. The highest BCUT2D eigenvalue weighted by Gasteiger charge is 2.24. The fourth-order valence-electron chi connectivity index (χ4n) is 1.97. The second kappa shape index (κ2) is 5.25. The predicted molar refractivity (Wildman–Crippen MR) is 72.1 cm³/mol. The van der Waals surface area contributed by atoms with Gasteiger partial charge >= 0.3 is 0 Å². The summed E-state index contributed by atoms with van der Waals surface area (Å²) in [7, 11) is 1.74. The van der Waals surface area contributed by atoms with Gasteiger partial charge in [0.1, 0.15) is 5.92 Å². The third-order valence-corrected chi connectivity index (χ3v) is 3.09. The number of hydrogen-bond donors (Lipinski definition) is 0. The van der Waals surface area contributed by atoms with E-state index in [9.17, 15) is 10.1 Å². The first-order valence-electron chi connectivity index (χ1n) is 5.72. The molecule has 1 unspecified atom stereocenters. The molecule has 0 aliphatic carbocycles. The number of ketones is 1. The second-order valence-electron chi connectivity index (χ2n) is 4.28. The SMILES string of the molecule is Cc1nn(C)cc1C(=O)C(C#N)c1cccc(Cl)c1. The Morgan fingerprint density at radius 3 is 2.79 bits per heavy atom. The lowest BCUT2D eigenvalue weighted by molar-refractivity contribution is 0.0978. The maximum Gasteiger partial charge on any atom is 0.187 e. The molecule has 0 spiro atoms. The van der Waals surface area contributed by atoms with Crippen LogP contribution in [0, 0.1) is 18.3 Å². The van der Waals surface area contributed by atoms with Crippen LogP contribution in [0.5, 0.6) is 0 Å². The van der Waals surface area contributed by atoms with E-state index in [1.54, 1.807) is 49.1 Å². The standard InChI is InChI=1S/C14H12ClN3O/c1-9-13(8-18(2)17-9)14(19)12(7-16)10-4-3-5-11(15)6-10/h3-6,8,12H,1-2H3. The number of Topliss-reactive ketones (excluding diaryl/α,β-unsaturated/α-hetero) is 1. The number of hydrogen-bond acceptors (Lipinski definition) is 3. The predicted octanol–water partition coefficient (Wildman–Crippen LogP) is 2.87. The van der Waals surface area contributed by atoms with Crippen LogP contribution in [-0.4, -0.2) is 15.6 Å². The molecule has 0 saturated carbocycles. The summed E-state index contributed by atoms with van der Waals surface area (Å²) in [4.78, 5) is 12.4. The highest BCUT2D eigenvalue weighted by atomic mass is 35.5. The van der Waals surface area contributed by atoms with Gasteiger partial charge in [-0.2, -0.15) is 10.4 Å². The fraction of sp³-hybridized carbons (Fsp3) is 0.214. The van der Waals surface area contributed by atoms with Crippen LogP contribution in [0.3, 0.4) is 0 Å². The Morgan fingerprint density at radius 2 is 2.26 bits per heavy atom. The lowest BCUT2D eigenvalue weighted by Gasteiger charge is -2.08. The van der Waals surface area contributed by atoms with Crippen molar-refractivity contribution in [3.63, 3.8) is 0 Å². The van der Waals surface area contributed by atoms with Gasteiger partial charge in [0.2, 0.25) is 0 Å². The molecule has 5 heteroatoms. The van der Waals surface area contributed by atoms with Gasteiger partial charge in [0.15, 0.2) is 5.78 Å². The molecule has 1 heterocycles. The van der Waals surface area contributed by atoms with Gasteiger partial charge in [0.05, 0.1) is 17.3 Å². The molecular weight excluding hydrogens is 262 g/mol. The number of carbonyl (C=O) groups excluding carboxylic acids is 1. The third-order valence-electron chi connectivity index (χ3n) is 2.85. The van der Waals surface area contributed by atoms with Crippen LogP contribution in [0.25, 0.3) is 0 Å². The number of carbonyl (C=O) groups is 1. The zero-order chi connectivity index (χ0) is 14.0. The van der Waals surface area contributed by atoms with Gasteiger partial charge in [0, 0.05) is 18.3 Å². The summed E-state index contributed by atoms with van der Waals surface area (Å²) in [5, 5.41) is 13.9. The molecule has 19 heavy (non-hydrogen) atoms. The van der Waals surface area contributed by atoms with Gasteiger partial charge in [-0.3, -0.25) is 9.48 Å². The largest absolute Gasteiger partial charge is 0.292 e. The van der Waals surface area contributed by atoms with Crippen molar-refractivity contribution in [2.45, 2.75) is 12.8 Å². The minimum Gasteiger partial charge on any atom is -0.292 e. The van der Waals surface area contributed by atoms with E-state index in [1.165, 1.54) is 0 Å². The Labute approximate surface area is 116 Å². The lowest BCUT2D eigenvalue weighted by Crippen LogP contribution is -2.11. The van der Waals surface area contributed by atoms with Gasteiger partial charge in [-0.15, -0.1) is 0 Å². The van der Waals surface area contributed by atoms with Crippen molar-refractivity contribution in [2.75, 3.05) is 0 Å². The van der Waals surface area contributed by atoms with Gasteiger partial charge in [-0.1, -0.05) is 23.7 Å². The second-order valence-corrected chi connectivity index (χ2v) is 4.72. The van der Waals surface area contributed by atoms with Crippen molar-refractivity contribution in [3.8, 4) is 6.07 Å². The number of rotatable bonds is 3. The van der Waals surface area contributed by atoms with E-state index in [0.29, 0.717) is 21.8 Å². The van der Waals surface area contributed by atoms with Crippen LogP contribution in [0.4, 0.5) is 0 Å². The first kappa shape index (κ1) is 13.3. The molecule has 0 fully saturated rings. The number of nitrogens with zero attached hydrogens (tertiary/aromatic N) is 3. The van der Waals surface area contributed by atoms with Crippen LogP contribution in [0.2, 0.25) is 5.02 Å². The van der Waals surface area contributed by atoms with Crippen LogP contribution in [0.15, 0.2) is 30.5 Å². The minimum atomic E-state index is -0.860. The van der Waals surface area contributed by atoms with E-state index in [1.807, 2.05) is 6.07 Å². The Balaban J connectivity index is 2.41. The number of halogens is 1. The molecule has 1 aromatic carbocycles. The van der Waals surface area contributed by atoms with Gasteiger partial charge in [0.25, 0.3) is 0 Å². The summed E-state index contributed by atoms with van der Waals surface area (Å²) in [6.45, 7) is 1.75. The molecule has 2 rings (SSSR count). The van der Waals surface area contributed by atoms with Crippen molar-refractivity contribution in [3.05, 3.63) is 52.3 Å². The maximum absolute atomic E-state index is 12.4. The summed E-state index contributed by atoms with van der Waals surface area (Å²) in [6.07, 6.45) is 1.63. The Hall–Kier alpha value is -2.12. The zero-order valence-electron chi connectivity index (χ0n) is 10.6. The highest BCUT2D eigenvalue weighted by Crippen LogP contribution is 2.24. The van der Waals surface area contributed by atoms with Crippen molar-refractivity contribution in [2.24, 2.45) is 7.05 Å². The fourth-order valence-corrected chi connectivity index (χ4v) is 2.17. The maximum atomic E-state index is 12.4. The first-order valence-corrected chi connectivity index (χ1v) is 6.10. The lowest BCUT2D eigenvalue weighted by atomic mass is 9.92. The molecule has 1 atom stereocenters. The van der Waals surface area contributed by atoms with Crippen molar-refractivity contribution in [1.29, 1.82) is 5.26 Å². The Bertz CT molecular complexity index is 670. The van der Waals surface area contributed by atoms with E-state index in [4.69, 9.17) is 11.6 Å². The molecule has 0 radical (unpaired) electrons. The minimum absolute atomic E-state index is 0.254. The van der Waals surface area contributed by atoms with Crippen LogP contribution < -0.4 is 0 Å². The quantitative estimate of drug-likeness (QED) is 0.808. The monoisotopic (exact) mass is 273 g/mol. The van der Waals surface area contributed by atoms with Crippen molar-refractivity contribution in [1.82, 2.24) is 9.78 Å². The topological polar surface area (TPSA) is 58.7 Å². The molecule has 0 N–H and O–H groups in total. The number of benzene rings is 1. The molecule has 96 valence electrons. The van der Waals surface area contributed by atoms with Crippen LogP contribution in [-0.2, 0) is 7.05 Å². The smallest absolute Gasteiger partial charge is 0.187 e. The summed E-state index contributed by atoms with van der Waals surface area (Å²) in [5.41, 5.74) is 1.69. The number of aromatic nitrogens is 2. The first-order chi connectivity index (χ1) is 9.02. The average Bonchev–Trinajstić information content (AvgIpc) is 2.69. The van der Waals surface area contributed by atoms with E-state index < -0.39 is 5.92 Å². The van der Waals surface area contributed by atoms with E-state index in [-0.39, 0.29) is 5.78 Å². The van der Waals surface area contributed by atoms with Gasteiger partial charge in [-0.05, 0) is 24.6 Å². The molecule has 0 aliphatic heterocycles. The molecule has 0 aliphatic rings. The van der Waals surface area contributed by atoms with Crippen molar-refractivity contribution >= 4 is 17.4 Å². The molecule has 4 nitrogen and oxygen atoms in total. The molecule has 1 aromatic heterocycles. The Morgan fingerprint density at radius 1 is 1.53 bits per heavy atom. The average molecular weight is 274 g/mol. The third kappa shape index (κ3) is 2.67. The molecular formula is C14H12ClN3O. The van der Waals surface area contributed by atoms with E-state index in [0.717, 1.165) is 0 Å². The summed E-state index contributed by atoms with van der Waals surface area (Å²) in [6, 6.07) is 8.83. The number of nitriles is 1. The normalized spacial score (nSPS) is 11.9. The molecule has 0 amide bonds. The van der Waals surface area contributed by atoms with Gasteiger partial charge in [-0.25, -0.2) is 0 Å². The number of aryl methyl sites for hydroxylation is 2. The zero-order valence-corrected chi connectivity index (χ0v) is 11.3. The van der Waals surface area contributed by atoms with E-state index in [2.05, 4.69) is 5.10 Å². The van der Waals surface area contributed by atoms with Crippen LogP contribution >= 0.6 is 11.6 Å². The Kier molecular flexibility index (Phi) is 3.68. The van der Waals surface area contributed by atoms with Gasteiger partial charge < -0.3 is 0 Å².